The van der Waals surface area contributed by atoms with Gasteiger partial charge in [0, 0.05) is 53.7 Å². The van der Waals surface area contributed by atoms with E-state index in [2.05, 4.69) is 0 Å². The minimum atomic E-state index is 0. The van der Waals surface area contributed by atoms with Crippen LogP contribution in [0.4, 0.5) is 0 Å². The van der Waals surface area contributed by atoms with Crippen molar-refractivity contribution < 1.29 is 31.3 Å². The van der Waals surface area contributed by atoms with E-state index in [0.717, 1.165) is 22.3 Å². The van der Waals surface area contributed by atoms with Crippen LogP contribution >= 0.6 is 0 Å². The molecule has 3 heterocycles. The summed E-state index contributed by atoms with van der Waals surface area (Å²) in [5.74, 6) is 0.306. The molecule has 0 saturated carbocycles. The van der Waals surface area contributed by atoms with E-state index in [4.69, 9.17) is 9.97 Å². The van der Waals surface area contributed by atoms with E-state index in [1.807, 2.05) is 121 Å². The average Bonchev–Trinajstić information content (AvgIpc) is 3.63. The monoisotopic (exact) mass is 685 g/mol. The molecule has 8 bridgehead atoms. The van der Waals surface area contributed by atoms with Crippen LogP contribution in [0.15, 0.2) is 97.1 Å². The van der Waals surface area contributed by atoms with Crippen molar-refractivity contribution in [3.63, 3.8) is 0 Å². The maximum Gasteiger partial charge on any atom is 0.132 e. The van der Waals surface area contributed by atoms with Crippen LogP contribution in [-0.4, -0.2) is 20.2 Å². The summed E-state index contributed by atoms with van der Waals surface area (Å²) in [5, 5.41) is 25.8. The fourth-order valence-corrected chi connectivity index (χ4v) is 5.30. The molecule has 2 N–H and O–H groups in total. The van der Waals surface area contributed by atoms with Gasteiger partial charge in [0.1, 0.15) is 11.5 Å². The molecule has 5 aromatic rings. The molecule has 4 aromatic carbocycles. The summed E-state index contributed by atoms with van der Waals surface area (Å²) in [6, 6.07) is 31.3. The van der Waals surface area contributed by atoms with Crippen molar-refractivity contribution in [1.82, 2.24) is 9.97 Å². The summed E-state index contributed by atoms with van der Waals surface area (Å²) in [7, 11) is 0. The van der Waals surface area contributed by atoms with Crippen LogP contribution in [-0.2, 0) is 21.1 Å². The maximum absolute atomic E-state index is 11.6. The van der Waals surface area contributed by atoms with E-state index in [-0.39, 0.29) is 32.6 Å². The first-order valence-electron chi connectivity index (χ1n) is 12.5. The fraction of sp³-hybridized carbons (Fsp3) is 0. The van der Waals surface area contributed by atoms with Crippen molar-refractivity contribution in [3.05, 3.63) is 120 Å². The maximum atomic E-state index is 11.6. The molecule has 0 fully saturated rings. The predicted octanol–water partition coefficient (Wildman–Crippen LogP) is 8.18. The van der Waals surface area contributed by atoms with Crippen molar-refractivity contribution in [2.75, 3.05) is 0 Å². The molecule has 4 nitrogen and oxygen atoms in total. The molecular formula is C34H22N2O2Pt. The summed E-state index contributed by atoms with van der Waals surface area (Å²) in [6.45, 7) is 0. The van der Waals surface area contributed by atoms with Crippen LogP contribution in [0, 0.1) is 0 Å². The Labute approximate surface area is 239 Å². The number of phenols is 2. The standard InChI is InChI=1S/C34H22N2O2.Pt/c37-33-23-13-7-15-25(33)31(21-9-3-1-4-10-21)29-19-17-27(35-29)24-14-8-16-26(34(24)38)32(22-11-5-2-6-12-22)30-20-18-28(23)36-30;/h1-20,37-38H;. The van der Waals surface area contributed by atoms with Crippen LogP contribution in [0.5, 0.6) is 11.5 Å². The Bertz CT molecular complexity index is 1790. The number of rotatable bonds is 2. The summed E-state index contributed by atoms with van der Waals surface area (Å²) in [5.41, 5.74) is 6.23. The van der Waals surface area contributed by atoms with Gasteiger partial charge in [-0.3, -0.25) is 0 Å². The van der Waals surface area contributed by atoms with E-state index in [0.29, 0.717) is 44.3 Å². The summed E-state index contributed by atoms with van der Waals surface area (Å²) in [6.07, 6.45) is 7.71. The Morgan fingerprint density at radius 1 is 0.385 bits per heavy atom. The van der Waals surface area contributed by atoms with Gasteiger partial charge in [0.05, 0.1) is 22.8 Å². The van der Waals surface area contributed by atoms with Gasteiger partial charge >= 0.3 is 0 Å². The van der Waals surface area contributed by atoms with Gasteiger partial charge in [-0.2, -0.15) is 0 Å². The van der Waals surface area contributed by atoms with E-state index < -0.39 is 0 Å². The first kappa shape index (κ1) is 24.8. The van der Waals surface area contributed by atoms with Gasteiger partial charge in [-0.1, -0.05) is 84.9 Å². The van der Waals surface area contributed by atoms with E-state index >= 15 is 0 Å². The van der Waals surface area contributed by atoms with Crippen LogP contribution in [0.1, 0.15) is 22.8 Å². The topological polar surface area (TPSA) is 66.2 Å². The van der Waals surface area contributed by atoms with E-state index in [1.54, 1.807) is 0 Å². The van der Waals surface area contributed by atoms with Gasteiger partial charge in [0.15, 0.2) is 0 Å². The molecule has 2 aliphatic rings. The number of aromatic hydroxyl groups is 2. The normalized spacial score (nSPS) is 11.9. The number of hydrogen-bond acceptors (Lipinski definition) is 4. The SMILES string of the molecule is Oc1c2cccc1c(-c1ccccc1)c1nc(c3cccc(c(-c4ccccc4)c4nc2C=C4)c3O)C=C1.[Pt]. The molecular weight excluding hydrogens is 663 g/mol. The molecule has 7 rings (SSSR count). The molecule has 39 heavy (non-hydrogen) atoms. The average molecular weight is 686 g/mol. The molecule has 0 spiro atoms. The zero-order valence-corrected chi connectivity index (χ0v) is 22.9. The Morgan fingerprint density at radius 3 is 1.15 bits per heavy atom. The molecule has 0 radical (unpaired) electrons. The molecule has 0 saturated heterocycles. The molecule has 0 atom stereocenters. The van der Waals surface area contributed by atoms with Gasteiger partial charge < -0.3 is 10.2 Å². The third-order valence-corrected chi connectivity index (χ3v) is 7.08. The number of fused-ring (bicyclic) bond motifs is 10. The van der Waals surface area contributed by atoms with E-state index in [1.165, 1.54) is 0 Å². The third kappa shape index (κ3) is 4.14. The van der Waals surface area contributed by atoms with Crippen molar-refractivity contribution >= 4 is 45.8 Å². The van der Waals surface area contributed by atoms with Crippen molar-refractivity contribution in [2.24, 2.45) is 0 Å². The molecule has 2 aliphatic heterocycles. The fourth-order valence-electron chi connectivity index (χ4n) is 5.30. The summed E-state index contributed by atoms with van der Waals surface area (Å²) < 4.78 is 0. The Morgan fingerprint density at radius 2 is 0.744 bits per heavy atom. The van der Waals surface area contributed by atoms with Crippen molar-refractivity contribution in [3.8, 4) is 33.8 Å². The second-order valence-electron chi connectivity index (χ2n) is 9.32. The Kier molecular flexibility index (Phi) is 6.34. The Hall–Kier alpha value is -4.53. The molecule has 190 valence electrons. The molecule has 0 amide bonds. The number of aromatic nitrogens is 2. The predicted molar refractivity (Wildman–Crippen MR) is 156 cm³/mol. The van der Waals surface area contributed by atoms with Gasteiger partial charge in [0.2, 0.25) is 0 Å². The number of phenolic OH excluding ortho intramolecular Hbond substituents is 2. The first-order chi connectivity index (χ1) is 18.7. The third-order valence-electron chi connectivity index (χ3n) is 7.08. The van der Waals surface area contributed by atoms with Crippen molar-refractivity contribution in [1.29, 1.82) is 0 Å². The smallest absolute Gasteiger partial charge is 0.132 e. The van der Waals surface area contributed by atoms with E-state index in [9.17, 15) is 10.2 Å². The quantitative estimate of drug-likeness (QED) is 0.193. The largest absolute Gasteiger partial charge is 0.507 e. The number of para-hydroxylation sites is 2. The zero-order valence-electron chi connectivity index (χ0n) is 20.7. The van der Waals surface area contributed by atoms with Gasteiger partial charge in [-0.25, -0.2) is 9.97 Å². The zero-order chi connectivity index (χ0) is 25.6. The minimum absolute atomic E-state index is 0. The number of nitrogens with zero attached hydrogens (tertiary/aromatic N) is 2. The summed E-state index contributed by atoms with van der Waals surface area (Å²) >= 11 is 0. The van der Waals surface area contributed by atoms with Crippen molar-refractivity contribution in [2.45, 2.75) is 0 Å². The van der Waals surface area contributed by atoms with Crippen LogP contribution in [0.3, 0.4) is 0 Å². The molecule has 0 unspecified atom stereocenters. The van der Waals surface area contributed by atoms with Gasteiger partial charge in [-0.15, -0.1) is 0 Å². The van der Waals surface area contributed by atoms with Crippen LogP contribution < -0.4 is 0 Å². The number of benzene rings is 4. The van der Waals surface area contributed by atoms with Crippen LogP contribution in [0.2, 0.25) is 0 Å². The second kappa shape index (κ2) is 9.98. The minimum Gasteiger partial charge on any atom is -0.507 e. The van der Waals surface area contributed by atoms with Crippen LogP contribution in [0.25, 0.3) is 68.1 Å². The number of hydrogen-bond donors (Lipinski definition) is 2. The molecule has 0 aliphatic carbocycles. The Balaban J connectivity index is 0.00000277. The summed E-state index contributed by atoms with van der Waals surface area (Å²) in [4.78, 5) is 9.93. The van der Waals surface area contributed by atoms with Gasteiger partial charge in [0.25, 0.3) is 0 Å². The first-order valence-corrected chi connectivity index (χ1v) is 12.5. The van der Waals surface area contributed by atoms with Gasteiger partial charge in [-0.05, 0) is 47.6 Å². The molecule has 1 aromatic heterocycles. The second-order valence-corrected chi connectivity index (χ2v) is 9.32. The molecule has 5 heteroatoms.